The summed E-state index contributed by atoms with van der Waals surface area (Å²) in [5, 5.41) is 1.30. The fraction of sp³-hybridized carbons (Fsp3) is 0.286. The van der Waals surface area contributed by atoms with Gasteiger partial charge in [-0.25, -0.2) is 9.97 Å². The van der Waals surface area contributed by atoms with Gasteiger partial charge in [0.2, 0.25) is 0 Å². The Hall–Kier alpha value is -0.870. The van der Waals surface area contributed by atoms with Gasteiger partial charge >= 0.3 is 0 Å². The van der Waals surface area contributed by atoms with Crippen molar-refractivity contribution in [3.05, 3.63) is 45.4 Å². The number of rotatable bonds is 2. The average molecular weight is 330 g/mol. The SMILES string of the molecule is Clc1cccc(-c2c(Cl)nc(C3CCOC3)nc2Cl)c1. The van der Waals surface area contributed by atoms with Crippen molar-refractivity contribution in [3.63, 3.8) is 0 Å². The third-order valence-corrected chi connectivity index (χ3v) is 4.03. The minimum atomic E-state index is 0.165. The summed E-state index contributed by atoms with van der Waals surface area (Å²) in [4.78, 5) is 8.74. The summed E-state index contributed by atoms with van der Waals surface area (Å²) in [5.74, 6) is 0.807. The minimum Gasteiger partial charge on any atom is -0.381 e. The van der Waals surface area contributed by atoms with Crippen molar-refractivity contribution in [3.8, 4) is 11.1 Å². The zero-order valence-electron chi connectivity index (χ0n) is 10.4. The smallest absolute Gasteiger partial charge is 0.142 e. The zero-order chi connectivity index (χ0) is 14.1. The molecular weight excluding hydrogens is 319 g/mol. The first-order valence-electron chi connectivity index (χ1n) is 6.22. The average Bonchev–Trinajstić information content (AvgIpc) is 2.91. The zero-order valence-corrected chi connectivity index (χ0v) is 12.7. The molecule has 0 aliphatic carbocycles. The number of aromatic nitrogens is 2. The largest absolute Gasteiger partial charge is 0.381 e. The fourth-order valence-electron chi connectivity index (χ4n) is 2.23. The van der Waals surface area contributed by atoms with Gasteiger partial charge in [0.25, 0.3) is 0 Å². The Labute approximate surface area is 131 Å². The number of hydrogen-bond acceptors (Lipinski definition) is 3. The van der Waals surface area contributed by atoms with Gasteiger partial charge in [-0.3, -0.25) is 0 Å². The Morgan fingerprint density at radius 1 is 1.10 bits per heavy atom. The molecule has 2 heterocycles. The second kappa shape index (κ2) is 5.86. The first-order chi connectivity index (χ1) is 9.65. The summed E-state index contributed by atoms with van der Waals surface area (Å²) >= 11 is 18.6. The van der Waals surface area contributed by atoms with Crippen molar-refractivity contribution in [2.24, 2.45) is 0 Å². The van der Waals surface area contributed by atoms with Crippen LogP contribution in [0.3, 0.4) is 0 Å². The molecule has 3 nitrogen and oxygen atoms in total. The van der Waals surface area contributed by atoms with Gasteiger partial charge in [-0.2, -0.15) is 0 Å². The molecule has 1 aromatic heterocycles. The van der Waals surface area contributed by atoms with Crippen LogP contribution in [-0.4, -0.2) is 23.2 Å². The second-order valence-corrected chi connectivity index (χ2v) is 5.76. The van der Waals surface area contributed by atoms with Crippen molar-refractivity contribution >= 4 is 34.8 Å². The number of hydrogen-bond donors (Lipinski definition) is 0. The fourth-order valence-corrected chi connectivity index (χ4v) is 3.04. The molecule has 6 heteroatoms. The predicted octanol–water partition coefficient (Wildman–Crippen LogP) is 4.61. The second-order valence-electron chi connectivity index (χ2n) is 4.61. The third kappa shape index (κ3) is 2.77. The Morgan fingerprint density at radius 2 is 1.85 bits per heavy atom. The molecule has 0 N–H and O–H groups in total. The molecule has 1 aromatic carbocycles. The maximum atomic E-state index is 6.28. The summed E-state index contributed by atoms with van der Waals surface area (Å²) in [6.45, 7) is 1.34. The predicted molar refractivity (Wildman–Crippen MR) is 80.7 cm³/mol. The molecule has 1 atom stereocenters. The molecule has 0 amide bonds. The van der Waals surface area contributed by atoms with Crippen LogP contribution in [0.2, 0.25) is 15.3 Å². The molecule has 1 aliphatic heterocycles. The van der Waals surface area contributed by atoms with E-state index < -0.39 is 0 Å². The summed E-state index contributed by atoms with van der Waals surface area (Å²) < 4.78 is 5.34. The lowest BCUT2D eigenvalue weighted by molar-refractivity contribution is 0.193. The van der Waals surface area contributed by atoms with E-state index in [9.17, 15) is 0 Å². The standard InChI is InChI=1S/C14H11Cl3N2O/c15-10-3-1-2-8(6-10)11-12(16)18-14(19-13(11)17)9-4-5-20-7-9/h1-3,6,9H,4-5,7H2. The summed E-state index contributed by atoms with van der Waals surface area (Å²) in [7, 11) is 0. The maximum Gasteiger partial charge on any atom is 0.142 e. The Morgan fingerprint density at radius 3 is 2.45 bits per heavy atom. The monoisotopic (exact) mass is 328 g/mol. The summed E-state index contributed by atoms with van der Waals surface area (Å²) in [6.07, 6.45) is 0.892. The van der Waals surface area contributed by atoms with Crippen molar-refractivity contribution in [1.82, 2.24) is 9.97 Å². The quantitative estimate of drug-likeness (QED) is 0.755. The molecule has 0 bridgehead atoms. The molecule has 2 aromatic rings. The molecule has 3 rings (SSSR count). The molecule has 0 saturated carbocycles. The van der Waals surface area contributed by atoms with E-state index in [2.05, 4.69) is 9.97 Å². The van der Waals surface area contributed by atoms with E-state index in [0.29, 0.717) is 33.3 Å². The van der Waals surface area contributed by atoms with Crippen LogP contribution in [0.4, 0.5) is 0 Å². The highest BCUT2D eigenvalue weighted by molar-refractivity contribution is 6.38. The van der Waals surface area contributed by atoms with Gasteiger partial charge in [0.05, 0.1) is 12.2 Å². The Bertz CT molecular complexity index is 619. The van der Waals surface area contributed by atoms with Gasteiger partial charge in [-0.05, 0) is 24.1 Å². The highest BCUT2D eigenvalue weighted by Gasteiger charge is 2.23. The molecular formula is C14H11Cl3N2O. The van der Waals surface area contributed by atoms with Crippen LogP contribution in [0.1, 0.15) is 18.2 Å². The minimum absolute atomic E-state index is 0.165. The molecule has 1 fully saturated rings. The van der Waals surface area contributed by atoms with Crippen LogP contribution in [0.15, 0.2) is 24.3 Å². The number of nitrogens with zero attached hydrogens (tertiary/aromatic N) is 2. The first kappa shape index (κ1) is 14.1. The number of halogens is 3. The van der Waals surface area contributed by atoms with Crippen molar-refractivity contribution < 1.29 is 4.74 Å². The summed E-state index contributed by atoms with van der Waals surface area (Å²) in [5.41, 5.74) is 1.42. The third-order valence-electron chi connectivity index (χ3n) is 3.25. The van der Waals surface area contributed by atoms with E-state index >= 15 is 0 Å². The van der Waals surface area contributed by atoms with E-state index in [-0.39, 0.29) is 5.92 Å². The molecule has 0 spiro atoms. The van der Waals surface area contributed by atoms with Crippen LogP contribution in [0, 0.1) is 0 Å². The van der Waals surface area contributed by atoms with Crippen LogP contribution in [-0.2, 0) is 4.74 Å². The van der Waals surface area contributed by atoms with Crippen LogP contribution < -0.4 is 0 Å². The lowest BCUT2D eigenvalue weighted by Crippen LogP contribution is -2.05. The molecule has 1 aliphatic rings. The van der Waals surface area contributed by atoms with E-state index in [0.717, 1.165) is 18.6 Å². The van der Waals surface area contributed by atoms with Crippen LogP contribution in [0.25, 0.3) is 11.1 Å². The van der Waals surface area contributed by atoms with Crippen LogP contribution in [0.5, 0.6) is 0 Å². The van der Waals surface area contributed by atoms with Gasteiger partial charge in [0.1, 0.15) is 16.1 Å². The van der Waals surface area contributed by atoms with Crippen molar-refractivity contribution in [1.29, 1.82) is 0 Å². The topological polar surface area (TPSA) is 35.0 Å². The van der Waals surface area contributed by atoms with Crippen LogP contribution >= 0.6 is 34.8 Å². The Kier molecular flexibility index (Phi) is 4.13. The van der Waals surface area contributed by atoms with Gasteiger partial charge in [-0.1, -0.05) is 46.9 Å². The van der Waals surface area contributed by atoms with Gasteiger partial charge in [-0.15, -0.1) is 0 Å². The Balaban J connectivity index is 2.04. The van der Waals surface area contributed by atoms with E-state index in [1.807, 2.05) is 12.1 Å². The van der Waals surface area contributed by atoms with Crippen molar-refractivity contribution in [2.45, 2.75) is 12.3 Å². The molecule has 1 saturated heterocycles. The van der Waals surface area contributed by atoms with Gasteiger partial charge in [0.15, 0.2) is 0 Å². The number of ether oxygens (including phenoxy) is 1. The van der Waals surface area contributed by atoms with Gasteiger partial charge in [0, 0.05) is 17.5 Å². The highest BCUT2D eigenvalue weighted by atomic mass is 35.5. The maximum absolute atomic E-state index is 6.28. The van der Waals surface area contributed by atoms with E-state index in [1.165, 1.54) is 0 Å². The normalized spacial score (nSPS) is 18.4. The first-order valence-corrected chi connectivity index (χ1v) is 7.35. The molecule has 104 valence electrons. The highest BCUT2D eigenvalue weighted by Crippen LogP contribution is 2.35. The van der Waals surface area contributed by atoms with E-state index in [4.69, 9.17) is 39.5 Å². The molecule has 0 radical (unpaired) electrons. The molecule has 1 unspecified atom stereocenters. The lowest BCUT2D eigenvalue weighted by atomic mass is 10.1. The molecule has 20 heavy (non-hydrogen) atoms. The summed E-state index contributed by atoms with van der Waals surface area (Å²) in [6, 6.07) is 7.29. The van der Waals surface area contributed by atoms with Gasteiger partial charge < -0.3 is 4.74 Å². The van der Waals surface area contributed by atoms with E-state index in [1.54, 1.807) is 12.1 Å². The lowest BCUT2D eigenvalue weighted by Gasteiger charge is -2.11. The number of benzene rings is 1. The van der Waals surface area contributed by atoms with Crippen molar-refractivity contribution in [2.75, 3.05) is 13.2 Å².